The number of nitro benzene ring substituents is 1. The minimum absolute atomic E-state index is 0.0478. The molecule has 2 aromatic rings. The Morgan fingerprint density at radius 2 is 1.96 bits per heavy atom. The molecule has 3 unspecified atom stereocenters. The van der Waals surface area contributed by atoms with Crippen molar-refractivity contribution in [2.45, 2.75) is 18.4 Å². The maximum absolute atomic E-state index is 11.1. The molecule has 4 nitrogen and oxygen atoms in total. The molecule has 24 heavy (non-hydrogen) atoms. The van der Waals surface area contributed by atoms with Crippen molar-refractivity contribution in [3.8, 4) is 0 Å². The van der Waals surface area contributed by atoms with Crippen molar-refractivity contribution in [2.75, 3.05) is 5.32 Å². The quantitative estimate of drug-likeness (QED) is 0.422. The second kappa shape index (κ2) is 5.80. The van der Waals surface area contributed by atoms with Crippen LogP contribution in [0.2, 0.25) is 10.0 Å². The molecule has 0 amide bonds. The minimum Gasteiger partial charge on any atom is -0.376 e. The first-order valence-electron chi connectivity index (χ1n) is 7.71. The maximum Gasteiger partial charge on any atom is 0.269 e. The smallest absolute Gasteiger partial charge is 0.269 e. The number of hydrogen-bond acceptors (Lipinski definition) is 3. The van der Waals surface area contributed by atoms with Gasteiger partial charge in [-0.05, 0) is 30.0 Å². The van der Waals surface area contributed by atoms with Crippen molar-refractivity contribution in [1.29, 1.82) is 0 Å². The standard InChI is InChI=1S/C18H14Cl2N2O2/c19-14-7-8-15(20)18-16(14)12-5-2-6-13(12)17(21-18)10-3-1-4-11(9-10)22(23)24/h1-5,7-9,12-13,17,21H,6H2. The van der Waals surface area contributed by atoms with Gasteiger partial charge in [-0.3, -0.25) is 10.1 Å². The Bertz CT molecular complexity index is 866. The van der Waals surface area contributed by atoms with Gasteiger partial charge in [0.2, 0.25) is 0 Å². The van der Waals surface area contributed by atoms with Gasteiger partial charge in [-0.25, -0.2) is 0 Å². The molecule has 6 heteroatoms. The lowest BCUT2D eigenvalue weighted by molar-refractivity contribution is -0.384. The lowest BCUT2D eigenvalue weighted by Gasteiger charge is -2.38. The monoisotopic (exact) mass is 360 g/mol. The molecule has 3 atom stereocenters. The molecular formula is C18H14Cl2N2O2. The molecule has 1 N–H and O–H groups in total. The number of nitrogens with one attached hydrogen (secondary N) is 1. The molecule has 0 saturated carbocycles. The summed E-state index contributed by atoms with van der Waals surface area (Å²) in [7, 11) is 0. The van der Waals surface area contributed by atoms with Crippen molar-refractivity contribution >= 4 is 34.6 Å². The number of hydrogen-bond donors (Lipinski definition) is 1. The van der Waals surface area contributed by atoms with Crippen molar-refractivity contribution in [3.63, 3.8) is 0 Å². The normalized spacial score (nSPS) is 24.2. The van der Waals surface area contributed by atoms with Crippen LogP contribution in [0.4, 0.5) is 11.4 Å². The summed E-state index contributed by atoms with van der Waals surface area (Å²) in [5.41, 5.74) is 2.84. The largest absolute Gasteiger partial charge is 0.376 e. The highest BCUT2D eigenvalue weighted by atomic mass is 35.5. The van der Waals surface area contributed by atoms with Crippen LogP contribution in [0.5, 0.6) is 0 Å². The summed E-state index contributed by atoms with van der Waals surface area (Å²) < 4.78 is 0. The zero-order chi connectivity index (χ0) is 16.8. The van der Waals surface area contributed by atoms with Crippen molar-refractivity contribution in [3.05, 3.63) is 79.8 Å². The van der Waals surface area contributed by atoms with Gasteiger partial charge >= 0.3 is 0 Å². The first kappa shape index (κ1) is 15.5. The molecule has 0 spiro atoms. The molecular weight excluding hydrogens is 347 g/mol. The number of halogens is 2. The number of non-ortho nitro benzene ring substituents is 1. The highest BCUT2D eigenvalue weighted by Gasteiger charge is 2.40. The van der Waals surface area contributed by atoms with Gasteiger partial charge in [0.1, 0.15) is 0 Å². The zero-order valence-corrected chi connectivity index (χ0v) is 14.1. The highest BCUT2D eigenvalue weighted by molar-refractivity contribution is 6.36. The number of nitro groups is 1. The van der Waals surface area contributed by atoms with Gasteiger partial charge in [-0.2, -0.15) is 0 Å². The SMILES string of the molecule is O=[N+]([O-])c1cccc(C2Nc3c(Cl)ccc(Cl)c3C3C=CCC32)c1. The van der Waals surface area contributed by atoms with E-state index in [2.05, 4.69) is 17.5 Å². The molecule has 0 aromatic heterocycles. The second-order valence-corrected chi connectivity index (χ2v) is 6.96. The third-order valence-corrected chi connectivity index (χ3v) is 5.50. The molecule has 122 valence electrons. The highest BCUT2D eigenvalue weighted by Crippen LogP contribution is 2.53. The van der Waals surface area contributed by atoms with Gasteiger partial charge in [-0.15, -0.1) is 0 Å². The molecule has 0 bridgehead atoms. The number of rotatable bonds is 2. The number of anilines is 1. The van der Waals surface area contributed by atoms with Gasteiger partial charge in [-0.1, -0.05) is 47.5 Å². The first-order chi connectivity index (χ1) is 11.6. The summed E-state index contributed by atoms with van der Waals surface area (Å²) in [4.78, 5) is 10.7. The summed E-state index contributed by atoms with van der Waals surface area (Å²) in [5.74, 6) is 0.423. The second-order valence-electron chi connectivity index (χ2n) is 6.15. The predicted octanol–water partition coefficient (Wildman–Crippen LogP) is 5.73. The average molecular weight is 361 g/mol. The Morgan fingerprint density at radius 1 is 1.17 bits per heavy atom. The van der Waals surface area contributed by atoms with Crippen LogP contribution < -0.4 is 5.32 Å². The van der Waals surface area contributed by atoms with E-state index >= 15 is 0 Å². The van der Waals surface area contributed by atoms with Gasteiger partial charge < -0.3 is 5.32 Å². The summed E-state index contributed by atoms with van der Waals surface area (Å²) in [6.45, 7) is 0. The predicted molar refractivity (Wildman–Crippen MR) is 95.9 cm³/mol. The number of fused-ring (bicyclic) bond motifs is 3. The Labute approximate surface area is 149 Å². The number of allylic oxidation sites excluding steroid dienone is 2. The molecule has 1 aliphatic carbocycles. The van der Waals surface area contributed by atoms with Crippen molar-refractivity contribution in [1.82, 2.24) is 0 Å². The molecule has 4 rings (SSSR count). The van der Waals surface area contributed by atoms with E-state index in [0.717, 1.165) is 23.2 Å². The molecule has 0 radical (unpaired) electrons. The molecule has 2 aromatic carbocycles. The lowest BCUT2D eigenvalue weighted by atomic mass is 9.77. The Kier molecular flexibility index (Phi) is 3.74. The van der Waals surface area contributed by atoms with Gasteiger partial charge in [0.15, 0.2) is 0 Å². The van der Waals surface area contributed by atoms with Crippen LogP contribution in [0, 0.1) is 16.0 Å². The van der Waals surface area contributed by atoms with E-state index in [1.165, 1.54) is 6.07 Å². The molecule has 2 aliphatic rings. The van der Waals surface area contributed by atoms with E-state index in [1.54, 1.807) is 18.2 Å². The first-order valence-corrected chi connectivity index (χ1v) is 8.47. The van der Waals surface area contributed by atoms with E-state index in [-0.39, 0.29) is 28.5 Å². The number of benzene rings is 2. The van der Waals surface area contributed by atoms with E-state index in [4.69, 9.17) is 23.2 Å². The fourth-order valence-corrected chi connectivity index (χ4v) is 4.29. The van der Waals surface area contributed by atoms with E-state index in [0.29, 0.717) is 10.0 Å². The van der Waals surface area contributed by atoms with Crippen molar-refractivity contribution < 1.29 is 4.92 Å². The summed E-state index contributed by atoms with van der Waals surface area (Å²) in [6.07, 6.45) is 5.21. The van der Waals surface area contributed by atoms with Gasteiger partial charge in [0, 0.05) is 28.6 Å². The van der Waals surface area contributed by atoms with Crippen LogP contribution in [0.1, 0.15) is 29.5 Å². The van der Waals surface area contributed by atoms with Crippen LogP contribution in [-0.4, -0.2) is 4.92 Å². The molecule has 1 aliphatic heterocycles. The fourth-order valence-electron chi connectivity index (χ4n) is 3.79. The van der Waals surface area contributed by atoms with Crippen LogP contribution in [0.3, 0.4) is 0 Å². The van der Waals surface area contributed by atoms with Crippen LogP contribution in [0.25, 0.3) is 0 Å². The maximum atomic E-state index is 11.1. The van der Waals surface area contributed by atoms with E-state index < -0.39 is 0 Å². The van der Waals surface area contributed by atoms with E-state index in [1.807, 2.05) is 12.1 Å². The van der Waals surface area contributed by atoms with E-state index in [9.17, 15) is 10.1 Å². The minimum atomic E-state index is -0.367. The topological polar surface area (TPSA) is 55.2 Å². The molecule has 0 fully saturated rings. The zero-order valence-electron chi connectivity index (χ0n) is 12.6. The fraction of sp³-hybridized carbons (Fsp3) is 0.222. The van der Waals surface area contributed by atoms with Crippen LogP contribution in [0.15, 0.2) is 48.6 Å². The van der Waals surface area contributed by atoms with Crippen LogP contribution >= 0.6 is 23.2 Å². The molecule has 1 heterocycles. The van der Waals surface area contributed by atoms with Gasteiger partial charge in [0.25, 0.3) is 5.69 Å². The summed E-state index contributed by atoms with van der Waals surface area (Å²) in [5, 5.41) is 15.9. The summed E-state index contributed by atoms with van der Waals surface area (Å²) >= 11 is 12.8. The Hall–Kier alpha value is -2.04. The van der Waals surface area contributed by atoms with Crippen molar-refractivity contribution in [2.24, 2.45) is 5.92 Å². The average Bonchev–Trinajstić information content (AvgIpc) is 3.06. The van der Waals surface area contributed by atoms with Gasteiger partial charge in [0.05, 0.1) is 21.7 Å². The lowest BCUT2D eigenvalue weighted by Crippen LogP contribution is -2.29. The van der Waals surface area contributed by atoms with Crippen LogP contribution in [-0.2, 0) is 0 Å². The number of nitrogens with zero attached hydrogens (tertiary/aromatic N) is 1. The third-order valence-electron chi connectivity index (χ3n) is 4.86. The Morgan fingerprint density at radius 3 is 2.75 bits per heavy atom. The summed E-state index contributed by atoms with van der Waals surface area (Å²) in [6, 6.07) is 10.3. The third kappa shape index (κ3) is 2.38. The Balaban J connectivity index is 1.83. The molecule has 0 saturated heterocycles.